The molecule has 16 heavy (non-hydrogen) atoms. The van der Waals surface area contributed by atoms with E-state index in [1.54, 1.807) is 0 Å². The Balaban J connectivity index is 2.08. The van der Waals surface area contributed by atoms with E-state index >= 15 is 0 Å². The molecule has 0 bridgehead atoms. The van der Waals surface area contributed by atoms with Crippen molar-refractivity contribution >= 4 is 0 Å². The molecule has 0 aliphatic heterocycles. The molecule has 0 unspecified atom stereocenters. The van der Waals surface area contributed by atoms with E-state index in [0.717, 1.165) is 6.42 Å². The van der Waals surface area contributed by atoms with Gasteiger partial charge in [0.05, 0.1) is 5.69 Å². The molecule has 2 rings (SSSR count). The number of hydrogen-bond donors (Lipinski definition) is 1. The number of rotatable bonds is 4. The normalized spacial score (nSPS) is 10.4. The Labute approximate surface area is 94.1 Å². The van der Waals surface area contributed by atoms with Crippen molar-refractivity contribution in [3.8, 4) is 11.8 Å². The van der Waals surface area contributed by atoms with E-state index in [0.29, 0.717) is 18.0 Å². The molecule has 1 aromatic heterocycles. The number of benzene rings is 1. The summed E-state index contributed by atoms with van der Waals surface area (Å²) in [6, 6.07) is 7.82. The average molecular weight is 218 g/mol. The predicted octanol–water partition coefficient (Wildman–Crippen LogP) is 2.49. The lowest BCUT2D eigenvalue weighted by Crippen LogP contribution is -1.95. The molecule has 0 radical (unpaired) electrons. The van der Waals surface area contributed by atoms with Crippen LogP contribution in [-0.2, 0) is 13.0 Å². The molecule has 1 heterocycles. The minimum Gasteiger partial charge on any atom is -0.417 e. The Bertz CT molecular complexity index is 448. The third kappa shape index (κ3) is 2.41. The molecule has 2 aromatic rings. The fourth-order valence-corrected chi connectivity index (χ4v) is 1.32. The van der Waals surface area contributed by atoms with Crippen molar-refractivity contribution < 1.29 is 9.15 Å². The van der Waals surface area contributed by atoms with Crippen LogP contribution in [0.25, 0.3) is 0 Å². The summed E-state index contributed by atoms with van der Waals surface area (Å²) >= 11 is 0. The zero-order chi connectivity index (χ0) is 11.4. The van der Waals surface area contributed by atoms with E-state index in [-0.39, 0.29) is 6.08 Å². The van der Waals surface area contributed by atoms with Crippen LogP contribution in [0.15, 0.2) is 34.9 Å². The van der Waals surface area contributed by atoms with Gasteiger partial charge in [0.15, 0.2) is 0 Å². The van der Waals surface area contributed by atoms with E-state index in [1.807, 2.05) is 24.3 Å². The maximum Gasteiger partial charge on any atom is 0.399 e. The smallest absolute Gasteiger partial charge is 0.399 e. The number of aryl methyl sites for hydroxylation is 1. The van der Waals surface area contributed by atoms with Crippen LogP contribution in [0.1, 0.15) is 18.2 Å². The standard InChI is InChI=1S/C12H14N2O2/c1-2-9-3-5-11(6-4-9)16-12-14-10(7-13)8-15-12/h3-6,8H,2,7,13H2,1H3. The lowest BCUT2D eigenvalue weighted by atomic mass is 10.2. The van der Waals surface area contributed by atoms with Gasteiger partial charge in [-0.1, -0.05) is 19.1 Å². The first-order valence-electron chi connectivity index (χ1n) is 5.23. The van der Waals surface area contributed by atoms with Gasteiger partial charge in [-0.2, -0.15) is 4.98 Å². The lowest BCUT2D eigenvalue weighted by Gasteiger charge is -2.01. The highest BCUT2D eigenvalue weighted by Gasteiger charge is 2.04. The largest absolute Gasteiger partial charge is 0.417 e. The highest BCUT2D eigenvalue weighted by molar-refractivity contribution is 5.28. The zero-order valence-corrected chi connectivity index (χ0v) is 9.14. The van der Waals surface area contributed by atoms with E-state index in [4.69, 9.17) is 14.9 Å². The second-order valence-corrected chi connectivity index (χ2v) is 3.41. The minimum absolute atomic E-state index is 0.227. The van der Waals surface area contributed by atoms with Crippen molar-refractivity contribution in [2.75, 3.05) is 0 Å². The summed E-state index contributed by atoms with van der Waals surface area (Å²) < 4.78 is 10.5. The van der Waals surface area contributed by atoms with Crippen LogP contribution in [0.4, 0.5) is 0 Å². The molecule has 0 spiro atoms. The zero-order valence-electron chi connectivity index (χ0n) is 9.14. The van der Waals surface area contributed by atoms with Gasteiger partial charge in [-0.15, -0.1) is 0 Å². The number of aromatic nitrogens is 1. The molecule has 0 saturated carbocycles. The van der Waals surface area contributed by atoms with E-state index in [2.05, 4.69) is 11.9 Å². The maximum absolute atomic E-state index is 5.43. The first-order chi connectivity index (χ1) is 7.81. The summed E-state index contributed by atoms with van der Waals surface area (Å²) in [4.78, 5) is 4.05. The molecule has 0 fully saturated rings. The second kappa shape index (κ2) is 4.81. The van der Waals surface area contributed by atoms with Gasteiger partial charge in [0.1, 0.15) is 12.0 Å². The van der Waals surface area contributed by atoms with E-state index in [9.17, 15) is 0 Å². The number of nitrogens with two attached hydrogens (primary N) is 1. The highest BCUT2D eigenvalue weighted by Crippen LogP contribution is 2.20. The van der Waals surface area contributed by atoms with Crippen molar-refractivity contribution in [1.82, 2.24) is 4.98 Å². The van der Waals surface area contributed by atoms with Crippen LogP contribution in [0.3, 0.4) is 0 Å². The summed E-state index contributed by atoms with van der Waals surface area (Å²) in [5, 5.41) is 0. The molecule has 0 saturated heterocycles. The fourth-order valence-electron chi connectivity index (χ4n) is 1.32. The van der Waals surface area contributed by atoms with E-state index in [1.165, 1.54) is 11.8 Å². The quantitative estimate of drug-likeness (QED) is 0.856. The first-order valence-corrected chi connectivity index (χ1v) is 5.23. The van der Waals surface area contributed by atoms with Gasteiger partial charge in [-0.3, -0.25) is 0 Å². The van der Waals surface area contributed by atoms with Crippen LogP contribution in [0, 0.1) is 0 Å². The number of nitrogens with zero attached hydrogens (tertiary/aromatic N) is 1. The molecular weight excluding hydrogens is 204 g/mol. The van der Waals surface area contributed by atoms with E-state index < -0.39 is 0 Å². The lowest BCUT2D eigenvalue weighted by molar-refractivity contribution is 0.330. The number of ether oxygens (including phenoxy) is 1. The van der Waals surface area contributed by atoms with Crippen LogP contribution in [0.2, 0.25) is 0 Å². The molecule has 0 atom stereocenters. The Morgan fingerprint density at radius 1 is 1.31 bits per heavy atom. The van der Waals surface area contributed by atoms with Gasteiger partial charge < -0.3 is 14.9 Å². The Morgan fingerprint density at radius 2 is 2.06 bits per heavy atom. The van der Waals surface area contributed by atoms with Gasteiger partial charge in [0, 0.05) is 6.54 Å². The monoisotopic (exact) mass is 218 g/mol. The SMILES string of the molecule is CCc1ccc(Oc2nc(CN)co2)cc1. The average Bonchev–Trinajstić information content (AvgIpc) is 2.78. The molecule has 0 aliphatic rings. The summed E-state index contributed by atoms with van der Waals surface area (Å²) in [6.45, 7) is 2.46. The Hall–Kier alpha value is -1.81. The number of hydrogen-bond acceptors (Lipinski definition) is 4. The summed E-state index contributed by atoms with van der Waals surface area (Å²) in [5.41, 5.74) is 7.36. The van der Waals surface area contributed by atoms with Crippen LogP contribution >= 0.6 is 0 Å². The first kappa shape index (κ1) is 10.7. The molecule has 0 amide bonds. The van der Waals surface area contributed by atoms with Gasteiger partial charge in [0.25, 0.3) is 0 Å². The minimum atomic E-state index is 0.227. The Morgan fingerprint density at radius 3 is 2.62 bits per heavy atom. The summed E-state index contributed by atoms with van der Waals surface area (Å²) in [6.07, 6.45) is 2.73. The van der Waals surface area contributed by atoms with Crippen molar-refractivity contribution in [3.63, 3.8) is 0 Å². The molecule has 84 valence electrons. The number of oxazole rings is 1. The third-order valence-electron chi connectivity index (χ3n) is 2.28. The molecule has 4 heteroatoms. The van der Waals surface area contributed by atoms with Crippen molar-refractivity contribution in [2.24, 2.45) is 5.73 Å². The van der Waals surface area contributed by atoms with Crippen LogP contribution in [-0.4, -0.2) is 4.98 Å². The van der Waals surface area contributed by atoms with Gasteiger partial charge >= 0.3 is 6.08 Å². The molecule has 2 N–H and O–H groups in total. The van der Waals surface area contributed by atoms with Crippen molar-refractivity contribution in [2.45, 2.75) is 19.9 Å². The maximum atomic E-state index is 5.43. The predicted molar refractivity (Wildman–Crippen MR) is 60.3 cm³/mol. The van der Waals surface area contributed by atoms with Gasteiger partial charge in [-0.05, 0) is 24.1 Å². The molecule has 0 aliphatic carbocycles. The third-order valence-corrected chi connectivity index (χ3v) is 2.28. The summed E-state index contributed by atoms with van der Waals surface area (Å²) in [5.74, 6) is 0.711. The van der Waals surface area contributed by atoms with Crippen LogP contribution in [0.5, 0.6) is 11.8 Å². The Kier molecular flexibility index (Phi) is 3.22. The topological polar surface area (TPSA) is 61.3 Å². The fraction of sp³-hybridized carbons (Fsp3) is 0.250. The van der Waals surface area contributed by atoms with Crippen LogP contribution < -0.4 is 10.5 Å². The summed E-state index contributed by atoms with van der Waals surface area (Å²) in [7, 11) is 0. The van der Waals surface area contributed by atoms with Crippen molar-refractivity contribution in [3.05, 3.63) is 41.8 Å². The molecule has 1 aromatic carbocycles. The second-order valence-electron chi connectivity index (χ2n) is 3.41. The molecule has 4 nitrogen and oxygen atoms in total. The van der Waals surface area contributed by atoms with Crippen molar-refractivity contribution in [1.29, 1.82) is 0 Å². The van der Waals surface area contributed by atoms with Gasteiger partial charge in [0.2, 0.25) is 0 Å². The molecular formula is C12H14N2O2. The van der Waals surface area contributed by atoms with Gasteiger partial charge in [-0.25, -0.2) is 0 Å². The highest BCUT2D eigenvalue weighted by atomic mass is 16.6.